The number of nitrogens with two attached hydrogens (primary N) is 1. The lowest BCUT2D eigenvalue weighted by Gasteiger charge is -2.11. The van der Waals surface area contributed by atoms with Gasteiger partial charge >= 0.3 is 0 Å². The van der Waals surface area contributed by atoms with E-state index < -0.39 is 0 Å². The Morgan fingerprint density at radius 2 is 2.29 bits per heavy atom. The van der Waals surface area contributed by atoms with Gasteiger partial charge in [-0.05, 0) is 25.5 Å². The number of rotatable bonds is 7. The maximum Gasteiger partial charge on any atom is 0.278 e. The molecule has 1 amide bonds. The summed E-state index contributed by atoms with van der Waals surface area (Å²) in [6, 6.07) is 5.19. The molecule has 3 rings (SSSR count). The fourth-order valence-electron chi connectivity index (χ4n) is 3.12. The molecule has 0 spiro atoms. The van der Waals surface area contributed by atoms with E-state index in [1.54, 1.807) is 30.0 Å². The van der Waals surface area contributed by atoms with Crippen molar-refractivity contribution in [3.8, 4) is 0 Å². The van der Waals surface area contributed by atoms with Crippen LogP contribution in [0.3, 0.4) is 0 Å². The zero-order chi connectivity index (χ0) is 20.3. The van der Waals surface area contributed by atoms with Gasteiger partial charge in [0.15, 0.2) is 0 Å². The molecule has 0 radical (unpaired) electrons. The van der Waals surface area contributed by atoms with Gasteiger partial charge in [-0.2, -0.15) is 0 Å². The zero-order valence-electron chi connectivity index (χ0n) is 16.1. The lowest BCUT2D eigenvalue weighted by molar-refractivity contribution is -0.648. The first-order valence-electron chi connectivity index (χ1n) is 9.01. The molecule has 0 aromatic carbocycles. The smallest absolute Gasteiger partial charge is 0.278 e. The highest BCUT2D eigenvalue weighted by atomic mass is 16.5. The minimum atomic E-state index is -0.345. The number of fused-ring (bicyclic) bond motifs is 2. The summed E-state index contributed by atoms with van der Waals surface area (Å²) in [5.41, 5.74) is 8.10. The number of hydrogen-bond acceptors (Lipinski definition) is 5. The predicted molar refractivity (Wildman–Crippen MR) is 107 cm³/mol. The van der Waals surface area contributed by atoms with Gasteiger partial charge in [0, 0.05) is 32.0 Å². The van der Waals surface area contributed by atoms with Gasteiger partial charge in [0.1, 0.15) is 10.9 Å². The van der Waals surface area contributed by atoms with E-state index in [1.165, 1.54) is 10.5 Å². The molecule has 0 aliphatic carbocycles. The molecule has 8 heteroatoms. The third kappa shape index (κ3) is 3.46. The molecular formula is C20H24N5O3+. The highest BCUT2D eigenvalue weighted by Gasteiger charge is 2.24. The summed E-state index contributed by atoms with van der Waals surface area (Å²) in [7, 11) is 1.60. The van der Waals surface area contributed by atoms with Gasteiger partial charge in [-0.3, -0.25) is 14.0 Å². The van der Waals surface area contributed by atoms with E-state index in [-0.39, 0.29) is 22.8 Å². The van der Waals surface area contributed by atoms with Crippen LogP contribution in [0.25, 0.3) is 16.7 Å². The maximum atomic E-state index is 13.1. The number of carbonyl (C=O) groups excluding carboxylic acids is 1. The van der Waals surface area contributed by atoms with E-state index >= 15 is 0 Å². The van der Waals surface area contributed by atoms with Crippen LogP contribution in [0.5, 0.6) is 0 Å². The molecular weight excluding hydrogens is 358 g/mol. The largest absolute Gasteiger partial charge is 0.385 e. The van der Waals surface area contributed by atoms with Crippen LogP contribution in [0.2, 0.25) is 0 Å². The molecule has 0 aliphatic heterocycles. The van der Waals surface area contributed by atoms with Gasteiger partial charge in [0.05, 0.1) is 6.54 Å². The minimum Gasteiger partial charge on any atom is -0.385 e. The Kier molecular flexibility index (Phi) is 5.70. The number of nitrogens with one attached hydrogen (secondary N) is 1. The van der Waals surface area contributed by atoms with Crippen LogP contribution in [0.15, 0.2) is 41.8 Å². The van der Waals surface area contributed by atoms with Gasteiger partial charge in [-0.1, -0.05) is 23.7 Å². The van der Waals surface area contributed by atoms with Crippen molar-refractivity contribution in [1.29, 1.82) is 0 Å². The van der Waals surface area contributed by atoms with E-state index in [9.17, 15) is 9.59 Å². The summed E-state index contributed by atoms with van der Waals surface area (Å²) in [5.74, 6) is -0.108. The van der Waals surface area contributed by atoms with Crippen molar-refractivity contribution in [1.82, 2.24) is 14.7 Å². The molecule has 146 valence electrons. The number of aryl methyl sites for hydroxylation is 1. The number of aromatic nitrogens is 3. The van der Waals surface area contributed by atoms with E-state index in [4.69, 9.17) is 10.5 Å². The third-order valence-corrected chi connectivity index (χ3v) is 4.54. The minimum absolute atomic E-state index is 0.235. The summed E-state index contributed by atoms with van der Waals surface area (Å²) >= 11 is 0. The molecule has 0 atom stereocenters. The molecule has 3 heterocycles. The first-order valence-corrected chi connectivity index (χ1v) is 9.01. The normalized spacial score (nSPS) is 11.1. The Balaban J connectivity index is 2.21. The number of amides is 1. The molecule has 3 N–H and O–H groups in total. The van der Waals surface area contributed by atoms with Gasteiger partial charge in [0.2, 0.25) is 11.5 Å². The maximum absolute atomic E-state index is 13.1. The van der Waals surface area contributed by atoms with Crippen LogP contribution in [0.1, 0.15) is 22.3 Å². The fraction of sp³-hybridized carbons (Fsp3) is 0.300. The van der Waals surface area contributed by atoms with Crippen LogP contribution >= 0.6 is 0 Å². The Bertz CT molecular complexity index is 1120. The van der Waals surface area contributed by atoms with Crippen LogP contribution in [-0.2, 0) is 11.3 Å². The summed E-state index contributed by atoms with van der Waals surface area (Å²) in [4.78, 5) is 30.4. The van der Waals surface area contributed by atoms with E-state index in [2.05, 4.69) is 16.9 Å². The highest BCUT2D eigenvalue weighted by Crippen LogP contribution is 2.15. The monoisotopic (exact) mass is 382 g/mol. The SMILES string of the molecule is C=CC[n+]1c(N)c(C(=O)NCCCOC)cc2c(=O)n3cccc(C)c3nc21. The molecule has 3 aromatic heterocycles. The second kappa shape index (κ2) is 8.18. The molecule has 0 fully saturated rings. The molecule has 0 bridgehead atoms. The quantitative estimate of drug-likeness (QED) is 0.274. The van der Waals surface area contributed by atoms with Crippen molar-refractivity contribution in [3.63, 3.8) is 0 Å². The first kappa shape index (κ1) is 19.5. The van der Waals surface area contributed by atoms with Gasteiger partial charge in [0.25, 0.3) is 17.1 Å². The van der Waals surface area contributed by atoms with Crippen molar-refractivity contribution in [2.24, 2.45) is 0 Å². The topological polar surface area (TPSA) is 103 Å². The summed E-state index contributed by atoms with van der Waals surface area (Å²) in [5, 5.41) is 3.13. The summed E-state index contributed by atoms with van der Waals surface area (Å²) in [6.07, 6.45) is 3.99. The van der Waals surface area contributed by atoms with Crippen molar-refractivity contribution in [2.75, 3.05) is 26.0 Å². The molecule has 0 saturated heterocycles. The number of nitrogens with zero attached hydrogens (tertiary/aromatic N) is 3. The average Bonchev–Trinajstić information content (AvgIpc) is 2.68. The van der Waals surface area contributed by atoms with E-state index in [0.717, 1.165) is 5.56 Å². The molecule has 0 unspecified atom stereocenters. The molecule has 3 aromatic rings. The van der Waals surface area contributed by atoms with Gasteiger partial charge in [-0.15, -0.1) is 0 Å². The number of nitrogen functional groups attached to an aromatic ring is 1. The third-order valence-electron chi connectivity index (χ3n) is 4.54. The van der Waals surface area contributed by atoms with Crippen molar-refractivity contribution < 1.29 is 14.1 Å². The Labute approximate surface area is 162 Å². The molecule has 0 aliphatic rings. The zero-order valence-corrected chi connectivity index (χ0v) is 16.1. The summed E-state index contributed by atoms with van der Waals surface area (Å²) < 4.78 is 8.10. The Morgan fingerprint density at radius 1 is 1.50 bits per heavy atom. The van der Waals surface area contributed by atoms with Crippen molar-refractivity contribution in [2.45, 2.75) is 19.9 Å². The van der Waals surface area contributed by atoms with Crippen molar-refractivity contribution in [3.05, 3.63) is 58.5 Å². The average molecular weight is 382 g/mol. The number of methoxy groups -OCH3 is 1. The number of allylic oxidation sites excluding steroid dienone is 1. The predicted octanol–water partition coefficient (Wildman–Crippen LogP) is 0.978. The second-order valence-corrected chi connectivity index (χ2v) is 6.48. The van der Waals surface area contributed by atoms with Crippen LogP contribution in [-0.4, -0.2) is 35.6 Å². The molecule has 8 nitrogen and oxygen atoms in total. The van der Waals surface area contributed by atoms with E-state index in [1.807, 2.05) is 13.0 Å². The van der Waals surface area contributed by atoms with Gasteiger partial charge < -0.3 is 15.8 Å². The molecule has 28 heavy (non-hydrogen) atoms. The Morgan fingerprint density at radius 3 is 3.00 bits per heavy atom. The number of ether oxygens (including phenoxy) is 1. The molecule has 0 saturated carbocycles. The number of hydrogen-bond donors (Lipinski definition) is 2. The van der Waals surface area contributed by atoms with Crippen LogP contribution in [0.4, 0.5) is 5.82 Å². The number of anilines is 1. The van der Waals surface area contributed by atoms with E-state index in [0.29, 0.717) is 42.8 Å². The highest BCUT2D eigenvalue weighted by molar-refractivity contribution is 6.00. The lowest BCUT2D eigenvalue weighted by atomic mass is 10.1. The fourth-order valence-corrected chi connectivity index (χ4v) is 3.12. The summed E-state index contributed by atoms with van der Waals surface area (Å²) in [6.45, 7) is 6.94. The van der Waals surface area contributed by atoms with Crippen molar-refractivity contribution >= 4 is 28.4 Å². The van der Waals surface area contributed by atoms with Crippen LogP contribution < -0.4 is 21.2 Å². The second-order valence-electron chi connectivity index (χ2n) is 6.48. The van der Waals surface area contributed by atoms with Crippen LogP contribution in [0, 0.1) is 6.92 Å². The Hall–Kier alpha value is -3.26. The number of pyridine rings is 2. The lowest BCUT2D eigenvalue weighted by Crippen LogP contribution is -2.42. The number of carbonyl (C=O) groups is 1. The van der Waals surface area contributed by atoms with Gasteiger partial charge in [-0.25, -0.2) is 4.57 Å². The first-order chi connectivity index (χ1) is 13.5. The standard InChI is InChI=1S/C20H23N5O3/c1-4-9-24-16(21)14(19(26)22-8-6-11-28-3)12-15-18(24)23-17-13(2)7-5-10-25(17)20(15)27/h4-5,7,10,12,21H,1,6,8-9,11H2,2-3H3,(H,22,26)/p+1.